The molecular formula is C28H28N6O4. The number of nitrogens with two attached hydrogens (primary N) is 1. The maximum atomic E-state index is 13.1. The molecule has 5 N–H and O–H groups in total. The van der Waals surface area contributed by atoms with Crippen LogP contribution in [-0.4, -0.2) is 44.5 Å². The summed E-state index contributed by atoms with van der Waals surface area (Å²) in [6.07, 6.45) is 2.25. The van der Waals surface area contributed by atoms with Gasteiger partial charge in [0.25, 0.3) is 0 Å². The van der Waals surface area contributed by atoms with Crippen LogP contribution in [0, 0.1) is 0 Å². The van der Waals surface area contributed by atoms with E-state index in [0.29, 0.717) is 5.82 Å². The summed E-state index contributed by atoms with van der Waals surface area (Å²) in [5, 5.41) is 5.42. The largest absolute Gasteiger partial charge is 0.444 e. The van der Waals surface area contributed by atoms with Crippen molar-refractivity contribution in [2.45, 2.75) is 44.9 Å². The molecule has 2 atom stereocenters. The molecule has 1 aliphatic carbocycles. The molecule has 194 valence electrons. The molecule has 0 radical (unpaired) electrons. The van der Waals surface area contributed by atoms with Gasteiger partial charge in [-0.2, -0.15) is 0 Å². The lowest BCUT2D eigenvalue weighted by atomic mass is 9.98. The van der Waals surface area contributed by atoms with Crippen LogP contribution >= 0.6 is 0 Å². The number of carbonyl (C=O) groups is 3. The van der Waals surface area contributed by atoms with E-state index in [1.54, 1.807) is 33.2 Å². The number of H-pyrrole nitrogens is 1. The molecule has 0 spiro atoms. The van der Waals surface area contributed by atoms with E-state index in [4.69, 9.17) is 15.5 Å². The van der Waals surface area contributed by atoms with Crippen LogP contribution in [0.3, 0.4) is 0 Å². The monoisotopic (exact) mass is 512 g/mol. The van der Waals surface area contributed by atoms with Crippen LogP contribution in [-0.2, 0) is 14.3 Å². The summed E-state index contributed by atoms with van der Waals surface area (Å²) in [6, 6.07) is 13.9. The zero-order valence-corrected chi connectivity index (χ0v) is 21.2. The molecule has 0 aliphatic heterocycles. The number of primary amides is 1. The lowest BCUT2D eigenvalue weighted by Crippen LogP contribution is -2.48. The van der Waals surface area contributed by atoms with E-state index in [1.165, 1.54) is 0 Å². The van der Waals surface area contributed by atoms with Gasteiger partial charge in [0, 0.05) is 11.8 Å². The van der Waals surface area contributed by atoms with E-state index in [2.05, 4.69) is 20.6 Å². The van der Waals surface area contributed by atoms with Gasteiger partial charge in [-0.1, -0.05) is 42.5 Å². The summed E-state index contributed by atoms with van der Waals surface area (Å²) < 4.78 is 5.20. The van der Waals surface area contributed by atoms with Gasteiger partial charge in [-0.15, -0.1) is 0 Å². The van der Waals surface area contributed by atoms with Crippen molar-refractivity contribution in [1.82, 2.24) is 25.6 Å². The third-order valence-electron chi connectivity index (χ3n) is 6.22. The molecule has 2 aromatic carbocycles. The fourth-order valence-corrected chi connectivity index (χ4v) is 4.67. The molecule has 0 saturated heterocycles. The van der Waals surface area contributed by atoms with Crippen LogP contribution < -0.4 is 16.4 Å². The van der Waals surface area contributed by atoms with Crippen molar-refractivity contribution in [3.05, 3.63) is 72.1 Å². The highest BCUT2D eigenvalue weighted by Gasteiger charge is 2.33. The highest BCUT2D eigenvalue weighted by molar-refractivity contribution is 5.94. The summed E-state index contributed by atoms with van der Waals surface area (Å²) in [5.74, 6) is -0.584. The van der Waals surface area contributed by atoms with E-state index in [0.717, 1.165) is 38.9 Å². The molecular weight excluding hydrogens is 484 g/mol. The highest BCUT2D eigenvalue weighted by atomic mass is 16.6. The van der Waals surface area contributed by atoms with Crippen LogP contribution in [0.5, 0.6) is 0 Å². The number of benzene rings is 2. The van der Waals surface area contributed by atoms with Crippen molar-refractivity contribution in [3.8, 4) is 22.5 Å². The number of rotatable bonds is 6. The SMILES string of the molecule is CC(C)(C)OC(=O)N[C@H](CC(=O)NC1c2ccccc2-c2c(-c3nc4cnccc4[nH]3)cccc21)C(N)=O. The van der Waals surface area contributed by atoms with Crippen molar-refractivity contribution in [1.29, 1.82) is 0 Å². The summed E-state index contributed by atoms with van der Waals surface area (Å²) in [7, 11) is 0. The van der Waals surface area contributed by atoms with Crippen molar-refractivity contribution >= 4 is 28.9 Å². The maximum Gasteiger partial charge on any atom is 0.408 e. The van der Waals surface area contributed by atoms with Crippen molar-refractivity contribution in [3.63, 3.8) is 0 Å². The zero-order valence-electron chi connectivity index (χ0n) is 21.2. The Morgan fingerprint density at radius 2 is 1.79 bits per heavy atom. The van der Waals surface area contributed by atoms with E-state index in [-0.39, 0.29) is 6.42 Å². The fourth-order valence-electron chi connectivity index (χ4n) is 4.67. The number of amides is 3. The summed E-state index contributed by atoms with van der Waals surface area (Å²) >= 11 is 0. The minimum Gasteiger partial charge on any atom is -0.444 e. The number of alkyl carbamates (subject to hydrolysis) is 1. The van der Waals surface area contributed by atoms with Gasteiger partial charge in [-0.25, -0.2) is 9.78 Å². The first-order valence-electron chi connectivity index (χ1n) is 12.2. The van der Waals surface area contributed by atoms with Gasteiger partial charge in [-0.3, -0.25) is 14.6 Å². The Labute approximate surface area is 219 Å². The number of hydrogen-bond donors (Lipinski definition) is 4. The Morgan fingerprint density at radius 3 is 2.53 bits per heavy atom. The van der Waals surface area contributed by atoms with Crippen molar-refractivity contribution in [2.24, 2.45) is 5.73 Å². The number of ether oxygens (including phenoxy) is 1. The number of fused-ring (bicyclic) bond motifs is 4. The molecule has 2 heterocycles. The minimum absolute atomic E-state index is 0.334. The third kappa shape index (κ3) is 4.93. The smallest absolute Gasteiger partial charge is 0.408 e. The quantitative estimate of drug-likeness (QED) is 0.310. The topological polar surface area (TPSA) is 152 Å². The highest BCUT2D eigenvalue weighted by Crippen LogP contribution is 2.47. The molecule has 2 aromatic heterocycles. The van der Waals surface area contributed by atoms with Crippen LogP contribution in [0.2, 0.25) is 0 Å². The number of nitrogens with one attached hydrogen (secondary N) is 3. The van der Waals surface area contributed by atoms with E-state index >= 15 is 0 Å². The van der Waals surface area contributed by atoms with Crippen LogP contribution in [0.1, 0.15) is 44.4 Å². The van der Waals surface area contributed by atoms with Crippen LogP contribution in [0.4, 0.5) is 4.79 Å². The second kappa shape index (κ2) is 9.62. The first-order chi connectivity index (χ1) is 18.1. The zero-order chi connectivity index (χ0) is 27.0. The Hall–Kier alpha value is -4.73. The number of imidazole rings is 1. The molecule has 10 heteroatoms. The summed E-state index contributed by atoms with van der Waals surface area (Å²) in [5.41, 5.74) is 11.0. The first kappa shape index (κ1) is 24.9. The van der Waals surface area contributed by atoms with Crippen molar-refractivity contribution in [2.75, 3.05) is 0 Å². The second-order valence-corrected chi connectivity index (χ2v) is 10.1. The average molecular weight is 513 g/mol. The molecule has 0 bridgehead atoms. The number of nitrogens with zero attached hydrogens (tertiary/aromatic N) is 2. The minimum atomic E-state index is -1.23. The number of aromatic amines is 1. The number of pyridine rings is 1. The normalized spacial score (nSPS) is 14.9. The lowest BCUT2D eigenvalue weighted by Gasteiger charge is -2.23. The third-order valence-corrected chi connectivity index (χ3v) is 6.22. The van der Waals surface area contributed by atoms with Gasteiger partial charge < -0.3 is 26.1 Å². The number of hydrogen-bond acceptors (Lipinski definition) is 6. The van der Waals surface area contributed by atoms with Gasteiger partial charge in [0.1, 0.15) is 23.0 Å². The first-order valence-corrected chi connectivity index (χ1v) is 12.2. The molecule has 4 aromatic rings. The summed E-state index contributed by atoms with van der Waals surface area (Å²) in [4.78, 5) is 49.5. The average Bonchev–Trinajstić information content (AvgIpc) is 3.42. The molecule has 5 rings (SSSR count). The van der Waals surface area contributed by atoms with E-state index < -0.39 is 35.6 Å². The van der Waals surface area contributed by atoms with Gasteiger partial charge in [-0.05, 0) is 49.1 Å². The summed E-state index contributed by atoms with van der Waals surface area (Å²) in [6.45, 7) is 5.10. The maximum absolute atomic E-state index is 13.1. The Balaban J connectivity index is 1.43. The van der Waals surface area contributed by atoms with Crippen LogP contribution in [0.25, 0.3) is 33.5 Å². The lowest BCUT2D eigenvalue weighted by molar-refractivity contribution is -0.127. The van der Waals surface area contributed by atoms with E-state index in [9.17, 15) is 14.4 Å². The van der Waals surface area contributed by atoms with Gasteiger partial charge in [0.05, 0.1) is 24.2 Å². The van der Waals surface area contributed by atoms with Gasteiger partial charge >= 0.3 is 6.09 Å². The Kier molecular flexibility index (Phi) is 6.31. The molecule has 3 amide bonds. The molecule has 1 unspecified atom stereocenters. The van der Waals surface area contributed by atoms with Crippen molar-refractivity contribution < 1.29 is 19.1 Å². The molecule has 10 nitrogen and oxygen atoms in total. The number of aromatic nitrogens is 3. The second-order valence-electron chi connectivity index (χ2n) is 10.1. The molecule has 38 heavy (non-hydrogen) atoms. The Bertz CT molecular complexity index is 1520. The standard InChI is InChI=1S/C28H28N6O4/c1-28(2,3)38-27(37)33-20(25(29)36)13-22(35)34-24-16-8-5-4-7-15(16)23-17(24)9-6-10-18(23)26-31-19-11-12-30-14-21(19)32-26/h4-12,14,20,24H,13H2,1-3H3,(H2,29,36)(H,31,32)(H,33,37)(H,34,35)/t20-,24?/m1/s1. The molecule has 1 aliphatic rings. The van der Waals surface area contributed by atoms with Crippen LogP contribution in [0.15, 0.2) is 60.9 Å². The fraction of sp³-hybridized carbons (Fsp3) is 0.250. The molecule has 0 saturated carbocycles. The van der Waals surface area contributed by atoms with E-state index in [1.807, 2.05) is 48.5 Å². The van der Waals surface area contributed by atoms with Gasteiger partial charge in [0.2, 0.25) is 11.8 Å². The predicted octanol–water partition coefficient (Wildman–Crippen LogP) is 3.58. The molecule has 0 fully saturated rings. The Morgan fingerprint density at radius 1 is 1.05 bits per heavy atom. The number of carbonyl (C=O) groups excluding carboxylic acids is 3. The predicted molar refractivity (Wildman–Crippen MR) is 142 cm³/mol. The van der Waals surface area contributed by atoms with Gasteiger partial charge in [0.15, 0.2) is 0 Å².